The fourth-order valence-corrected chi connectivity index (χ4v) is 4.25. The van der Waals surface area contributed by atoms with Gasteiger partial charge in [-0.25, -0.2) is 0 Å². The smallest absolute Gasteiger partial charge is 0.280 e. The van der Waals surface area contributed by atoms with E-state index in [2.05, 4.69) is 15.1 Å². The molecule has 0 unspecified atom stereocenters. The largest absolute Gasteiger partial charge is 0.383 e. The van der Waals surface area contributed by atoms with Crippen LogP contribution in [0.1, 0.15) is 37.6 Å². The average Bonchev–Trinajstić information content (AvgIpc) is 2.91. The van der Waals surface area contributed by atoms with Crippen LogP contribution in [0.5, 0.6) is 0 Å². The molecule has 1 amide bonds. The Hall–Kier alpha value is -1.49. The first-order valence-corrected chi connectivity index (χ1v) is 9.72. The molecule has 25 heavy (non-hydrogen) atoms. The van der Waals surface area contributed by atoms with E-state index in [1.807, 2.05) is 27.0 Å². The van der Waals surface area contributed by atoms with E-state index in [4.69, 9.17) is 4.74 Å². The van der Waals surface area contributed by atoms with Gasteiger partial charge in [0.15, 0.2) is 0 Å². The zero-order valence-electron chi connectivity index (χ0n) is 15.3. The third-order valence-corrected chi connectivity index (χ3v) is 5.96. The van der Waals surface area contributed by atoms with Gasteiger partial charge in [0.2, 0.25) is 5.91 Å². The summed E-state index contributed by atoms with van der Waals surface area (Å²) >= 11 is 0. The van der Waals surface area contributed by atoms with Crippen molar-refractivity contribution < 1.29 is 17.9 Å². The Balaban J connectivity index is 2.25. The molecule has 2 rings (SSSR count). The molecular formula is C15H27N5O4S. The van der Waals surface area contributed by atoms with Crippen LogP contribution in [-0.4, -0.2) is 61.3 Å². The van der Waals surface area contributed by atoms with Crippen LogP contribution >= 0.6 is 0 Å². The van der Waals surface area contributed by atoms with Gasteiger partial charge >= 0.3 is 0 Å². The number of carbonyl (C=O) groups is 1. The summed E-state index contributed by atoms with van der Waals surface area (Å²) in [6.45, 7) is 6.66. The minimum atomic E-state index is -3.76. The van der Waals surface area contributed by atoms with Crippen LogP contribution in [0.25, 0.3) is 0 Å². The fourth-order valence-electron chi connectivity index (χ4n) is 2.98. The Labute approximate surface area is 148 Å². The van der Waals surface area contributed by atoms with Crippen molar-refractivity contribution in [3.05, 3.63) is 17.5 Å². The van der Waals surface area contributed by atoms with Crippen molar-refractivity contribution in [2.75, 3.05) is 20.8 Å². The summed E-state index contributed by atoms with van der Waals surface area (Å²) in [5, 5.41) is 7.17. The highest BCUT2D eigenvalue weighted by Gasteiger charge is 2.41. The van der Waals surface area contributed by atoms with Crippen molar-refractivity contribution in [1.82, 2.24) is 24.1 Å². The van der Waals surface area contributed by atoms with E-state index in [0.717, 1.165) is 15.6 Å². The minimum Gasteiger partial charge on any atom is -0.383 e. The van der Waals surface area contributed by atoms with E-state index in [-0.39, 0.29) is 11.9 Å². The van der Waals surface area contributed by atoms with Gasteiger partial charge in [0.25, 0.3) is 10.2 Å². The number of hydrogen-bond acceptors (Lipinski definition) is 5. The van der Waals surface area contributed by atoms with E-state index >= 15 is 0 Å². The monoisotopic (exact) mass is 373 g/mol. The highest BCUT2D eigenvalue weighted by molar-refractivity contribution is 7.87. The molecule has 0 radical (unpaired) electrons. The molecule has 0 aromatic carbocycles. The number of methoxy groups -OCH3 is 1. The Morgan fingerprint density at radius 1 is 1.56 bits per heavy atom. The van der Waals surface area contributed by atoms with Crippen molar-refractivity contribution in [2.24, 2.45) is 0 Å². The van der Waals surface area contributed by atoms with Crippen LogP contribution in [0.3, 0.4) is 0 Å². The Bertz CT molecular complexity index is 718. The molecule has 1 aromatic rings. The van der Waals surface area contributed by atoms with Gasteiger partial charge in [0.1, 0.15) is 6.04 Å². The van der Waals surface area contributed by atoms with Crippen molar-refractivity contribution in [3.8, 4) is 0 Å². The summed E-state index contributed by atoms with van der Waals surface area (Å²) in [5.41, 5.74) is 1.55. The maximum atomic E-state index is 12.6. The van der Waals surface area contributed by atoms with Gasteiger partial charge in [-0.2, -0.15) is 22.5 Å². The standard InChI is InChI=1S/C15H27N5O4S/c1-6-20-8-12(11(3)17-20)13-7-14(19(4)25(22,23)18-13)15(21)16-10(2)9-24-5/h8,10,13-14,18H,6-7,9H2,1-5H3,(H,16,21)/t10-,13+,14+/m0/s1. The van der Waals surface area contributed by atoms with Crippen LogP contribution in [0.2, 0.25) is 0 Å². The lowest BCUT2D eigenvalue weighted by Crippen LogP contribution is -2.58. The molecule has 10 heteroatoms. The summed E-state index contributed by atoms with van der Waals surface area (Å²) in [6.07, 6.45) is 2.16. The number of aryl methyl sites for hydroxylation is 2. The molecule has 3 atom stereocenters. The number of nitrogens with one attached hydrogen (secondary N) is 2. The first kappa shape index (κ1) is 19.8. The van der Waals surface area contributed by atoms with Gasteiger partial charge in [0, 0.05) is 38.5 Å². The zero-order valence-corrected chi connectivity index (χ0v) is 16.1. The van der Waals surface area contributed by atoms with Gasteiger partial charge in [-0.1, -0.05) is 0 Å². The van der Waals surface area contributed by atoms with Gasteiger partial charge in [-0.15, -0.1) is 0 Å². The average molecular weight is 373 g/mol. The Kier molecular flexibility index (Phi) is 6.20. The maximum absolute atomic E-state index is 12.6. The number of hydrogen-bond donors (Lipinski definition) is 2. The third kappa shape index (κ3) is 4.38. The first-order valence-electron chi connectivity index (χ1n) is 8.28. The van der Waals surface area contributed by atoms with E-state index in [0.29, 0.717) is 19.6 Å². The summed E-state index contributed by atoms with van der Waals surface area (Å²) in [4.78, 5) is 12.6. The minimum absolute atomic E-state index is 0.202. The van der Waals surface area contributed by atoms with Crippen LogP contribution in [0.15, 0.2) is 6.20 Å². The van der Waals surface area contributed by atoms with Crippen LogP contribution in [-0.2, 0) is 26.3 Å². The number of likely N-dealkylation sites (N-methyl/N-ethyl adjacent to an activating group) is 1. The van der Waals surface area contributed by atoms with E-state index in [1.54, 1.807) is 11.8 Å². The van der Waals surface area contributed by atoms with Crippen molar-refractivity contribution in [1.29, 1.82) is 0 Å². The number of rotatable bonds is 6. The number of aromatic nitrogens is 2. The van der Waals surface area contributed by atoms with Gasteiger partial charge in [-0.05, 0) is 27.2 Å². The second-order valence-corrected chi connectivity index (χ2v) is 8.10. The van der Waals surface area contributed by atoms with E-state index < -0.39 is 22.3 Å². The molecule has 9 nitrogen and oxygen atoms in total. The first-order chi connectivity index (χ1) is 11.7. The van der Waals surface area contributed by atoms with Crippen molar-refractivity contribution >= 4 is 16.1 Å². The van der Waals surface area contributed by atoms with E-state index in [9.17, 15) is 13.2 Å². The Morgan fingerprint density at radius 2 is 2.24 bits per heavy atom. The van der Waals surface area contributed by atoms with Crippen molar-refractivity contribution in [2.45, 2.75) is 51.9 Å². The molecule has 1 saturated heterocycles. The lowest BCUT2D eigenvalue weighted by Gasteiger charge is -2.36. The SMILES string of the molecule is CCn1cc([C@H]2C[C@H](C(=O)N[C@@H](C)COC)N(C)S(=O)(=O)N2)c(C)n1. The van der Waals surface area contributed by atoms with Gasteiger partial charge < -0.3 is 10.1 Å². The lowest BCUT2D eigenvalue weighted by molar-refractivity contribution is -0.126. The van der Waals surface area contributed by atoms with Crippen LogP contribution < -0.4 is 10.0 Å². The van der Waals surface area contributed by atoms with E-state index in [1.165, 1.54) is 7.05 Å². The Morgan fingerprint density at radius 3 is 2.80 bits per heavy atom. The quantitative estimate of drug-likeness (QED) is 0.727. The second kappa shape index (κ2) is 7.81. The molecule has 1 aliphatic heterocycles. The molecular weight excluding hydrogens is 346 g/mol. The third-order valence-electron chi connectivity index (χ3n) is 4.36. The summed E-state index contributed by atoms with van der Waals surface area (Å²) in [7, 11) is -0.803. The number of ether oxygens (including phenoxy) is 1. The number of nitrogens with zero attached hydrogens (tertiary/aromatic N) is 3. The zero-order chi connectivity index (χ0) is 18.8. The highest BCUT2D eigenvalue weighted by Crippen LogP contribution is 2.29. The predicted molar refractivity (Wildman–Crippen MR) is 93.1 cm³/mol. The molecule has 0 spiro atoms. The second-order valence-electron chi connectivity index (χ2n) is 6.33. The summed E-state index contributed by atoms with van der Waals surface area (Å²) < 4.78 is 35.4. The molecule has 0 bridgehead atoms. The molecule has 142 valence electrons. The molecule has 0 aliphatic carbocycles. The number of amides is 1. The molecule has 2 N–H and O–H groups in total. The maximum Gasteiger partial charge on any atom is 0.280 e. The summed E-state index contributed by atoms with van der Waals surface area (Å²) in [6, 6.07) is -1.48. The molecule has 0 saturated carbocycles. The molecule has 1 aromatic heterocycles. The van der Waals surface area contributed by atoms with Gasteiger partial charge in [0.05, 0.1) is 18.3 Å². The highest BCUT2D eigenvalue weighted by atomic mass is 32.2. The summed E-state index contributed by atoms with van der Waals surface area (Å²) in [5.74, 6) is -0.331. The molecule has 1 aliphatic rings. The topological polar surface area (TPSA) is 106 Å². The predicted octanol–water partition coefficient (Wildman–Crippen LogP) is -0.0579. The van der Waals surface area contributed by atoms with Gasteiger partial charge in [-0.3, -0.25) is 9.48 Å². The normalized spacial score (nSPS) is 24.8. The van der Waals surface area contributed by atoms with Crippen molar-refractivity contribution in [3.63, 3.8) is 0 Å². The fraction of sp³-hybridized carbons (Fsp3) is 0.733. The van der Waals surface area contributed by atoms with Crippen LogP contribution in [0.4, 0.5) is 0 Å². The molecule has 1 fully saturated rings. The van der Waals surface area contributed by atoms with Crippen LogP contribution in [0, 0.1) is 6.92 Å². The lowest BCUT2D eigenvalue weighted by atomic mass is 10.00. The number of carbonyl (C=O) groups excluding carboxylic acids is 1. The molecule has 2 heterocycles.